The first-order valence-electron chi connectivity index (χ1n) is 4.01. The van der Waals surface area contributed by atoms with E-state index in [4.69, 9.17) is 14.6 Å². The number of aliphatic hydroxyl groups excluding tert-OH is 1. The van der Waals surface area contributed by atoms with E-state index in [-0.39, 0.29) is 6.61 Å². The first-order chi connectivity index (χ1) is 6.33. The topological polar surface area (TPSA) is 38.7 Å². The van der Waals surface area contributed by atoms with Gasteiger partial charge in [0, 0.05) is 5.56 Å². The molecule has 1 aliphatic heterocycles. The Morgan fingerprint density at radius 2 is 1.92 bits per heavy atom. The Bertz CT molecular complexity index is 325. The van der Waals surface area contributed by atoms with Crippen LogP contribution in [-0.2, 0) is 6.61 Å². The Hall–Kier alpha value is -0.740. The maximum Gasteiger partial charge on any atom is 0.175 e. The lowest BCUT2D eigenvalue weighted by atomic mass is 10.2. The van der Waals surface area contributed by atoms with Crippen LogP contribution >= 0.6 is 15.9 Å². The van der Waals surface area contributed by atoms with Crippen LogP contribution < -0.4 is 9.47 Å². The van der Waals surface area contributed by atoms with Crippen molar-refractivity contribution in [2.75, 3.05) is 13.2 Å². The van der Waals surface area contributed by atoms with E-state index in [1.54, 1.807) is 0 Å². The Morgan fingerprint density at radius 1 is 1.23 bits per heavy atom. The molecule has 4 heteroatoms. The van der Waals surface area contributed by atoms with Crippen molar-refractivity contribution in [2.24, 2.45) is 0 Å². The van der Waals surface area contributed by atoms with E-state index in [0.29, 0.717) is 24.7 Å². The van der Waals surface area contributed by atoms with Gasteiger partial charge in [-0.05, 0) is 22.0 Å². The summed E-state index contributed by atoms with van der Waals surface area (Å²) in [4.78, 5) is 0. The highest BCUT2D eigenvalue weighted by Crippen LogP contribution is 2.39. The molecule has 3 nitrogen and oxygen atoms in total. The Kier molecular flexibility index (Phi) is 2.42. The van der Waals surface area contributed by atoms with E-state index in [1.165, 1.54) is 0 Å². The first-order valence-corrected chi connectivity index (χ1v) is 4.80. The summed E-state index contributed by atoms with van der Waals surface area (Å²) in [7, 11) is 0. The molecular weight excluding hydrogens is 236 g/mol. The van der Waals surface area contributed by atoms with Crippen LogP contribution in [0, 0.1) is 0 Å². The molecule has 1 N–H and O–H groups in total. The van der Waals surface area contributed by atoms with Crippen LogP contribution in [0.3, 0.4) is 0 Å². The van der Waals surface area contributed by atoms with E-state index in [9.17, 15) is 0 Å². The van der Waals surface area contributed by atoms with E-state index < -0.39 is 0 Å². The lowest BCUT2D eigenvalue weighted by molar-refractivity contribution is 0.164. The van der Waals surface area contributed by atoms with Gasteiger partial charge in [0.25, 0.3) is 0 Å². The fraction of sp³-hybridized carbons (Fsp3) is 0.333. The van der Waals surface area contributed by atoms with Crippen LogP contribution in [0.15, 0.2) is 16.6 Å². The van der Waals surface area contributed by atoms with Crippen molar-refractivity contribution in [3.05, 3.63) is 22.2 Å². The maximum absolute atomic E-state index is 9.03. The molecule has 1 aromatic rings. The van der Waals surface area contributed by atoms with Gasteiger partial charge in [0.1, 0.15) is 13.2 Å². The third kappa shape index (κ3) is 1.51. The minimum Gasteiger partial charge on any atom is -0.486 e. The molecule has 0 unspecified atom stereocenters. The number of benzene rings is 1. The number of fused-ring (bicyclic) bond motifs is 1. The van der Waals surface area contributed by atoms with Gasteiger partial charge in [-0.15, -0.1) is 0 Å². The molecule has 13 heavy (non-hydrogen) atoms. The average molecular weight is 245 g/mol. The summed E-state index contributed by atoms with van der Waals surface area (Å²) < 4.78 is 11.7. The second-order valence-corrected chi connectivity index (χ2v) is 3.57. The van der Waals surface area contributed by atoms with Gasteiger partial charge in [-0.3, -0.25) is 0 Å². The van der Waals surface area contributed by atoms with Crippen molar-refractivity contribution in [3.63, 3.8) is 0 Å². The highest BCUT2D eigenvalue weighted by molar-refractivity contribution is 9.10. The molecule has 0 saturated heterocycles. The van der Waals surface area contributed by atoms with Crippen molar-refractivity contribution >= 4 is 15.9 Å². The van der Waals surface area contributed by atoms with E-state index in [1.807, 2.05) is 12.1 Å². The zero-order chi connectivity index (χ0) is 9.26. The summed E-state index contributed by atoms with van der Waals surface area (Å²) in [6, 6.07) is 3.66. The Labute approximate surface area is 84.4 Å². The highest BCUT2D eigenvalue weighted by Gasteiger charge is 2.18. The Morgan fingerprint density at radius 3 is 2.62 bits per heavy atom. The van der Waals surface area contributed by atoms with Gasteiger partial charge in [0.05, 0.1) is 11.1 Å². The quantitative estimate of drug-likeness (QED) is 0.818. The monoisotopic (exact) mass is 244 g/mol. The second kappa shape index (κ2) is 3.55. The fourth-order valence-electron chi connectivity index (χ4n) is 1.28. The largest absolute Gasteiger partial charge is 0.486 e. The summed E-state index contributed by atoms with van der Waals surface area (Å²) in [5.74, 6) is 1.35. The number of rotatable bonds is 1. The molecule has 0 bridgehead atoms. The highest BCUT2D eigenvalue weighted by atomic mass is 79.9. The second-order valence-electron chi connectivity index (χ2n) is 2.72. The van der Waals surface area contributed by atoms with Crippen molar-refractivity contribution < 1.29 is 14.6 Å². The van der Waals surface area contributed by atoms with Crippen LogP contribution in [0.5, 0.6) is 11.5 Å². The normalized spacial score (nSPS) is 14.3. The molecule has 0 aliphatic carbocycles. The molecule has 1 heterocycles. The minimum absolute atomic E-state index is 0.0288. The first kappa shape index (κ1) is 8.84. The maximum atomic E-state index is 9.03. The van der Waals surface area contributed by atoms with Gasteiger partial charge in [0.15, 0.2) is 11.5 Å². The number of hydrogen-bond donors (Lipinski definition) is 1. The van der Waals surface area contributed by atoms with Crippen LogP contribution in [0.2, 0.25) is 0 Å². The molecule has 70 valence electrons. The van der Waals surface area contributed by atoms with Crippen molar-refractivity contribution in [2.45, 2.75) is 6.61 Å². The number of aliphatic hydroxyl groups is 1. The number of hydrogen-bond acceptors (Lipinski definition) is 3. The molecule has 0 saturated carbocycles. The zero-order valence-electron chi connectivity index (χ0n) is 6.92. The smallest absolute Gasteiger partial charge is 0.175 e. The van der Waals surface area contributed by atoms with E-state index in [0.717, 1.165) is 10.0 Å². The molecule has 0 atom stereocenters. The summed E-state index contributed by atoms with van der Waals surface area (Å²) in [6.07, 6.45) is 0. The minimum atomic E-state index is -0.0288. The lowest BCUT2D eigenvalue weighted by Gasteiger charge is -2.21. The van der Waals surface area contributed by atoms with Gasteiger partial charge in [-0.1, -0.05) is 6.07 Å². The predicted molar refractivity (Wildman–Crippen MR) is 51.1 cm³/mol. The number of ether oxygens (including phenoxy) is 2. The molecule has 0 fully saturated rings. The summed E-state index contributed by atoms with van der Waals surface area (Å²) in [5.41, 5.74) is 0.762. The fourth-order valence-corrected chi connectivity index (χ4v) is 1.71. The van der Waals surface area contributed by atoms with Crippen LogP contribution in [0.1, 0.15) is 5.56 Å². The van der Waals surface area contributed by atoms with Crippen LogP contribution in [-0.4, -0.2) is 18.3 Å². The van der Waals surface area contributed by atoms with Gasteiger partial charge < -0.3 is 14.6 Å². The molecular formula is C9H9BrO3. The average Bonchev–Trinajstić information content (AvgIpc) is 2.19. The van der Waals surface area contributed by atoms with Gasteiger partial charge >= 0.3 is 0 Å². The van der Waals surface area contributed by atoms with Gasteiger partial charge in [-0.2, -0.15) is 0 Å². The summed E-state index contributed by atoms with van der Waals surface area (Å²) in [6.45, 7) is 1.07. The third-order valence-corrected chi connectivity index (χ3v) is 2.52. The molecule has 0 spiro atoms. The molecule has 0 aromatic heterocycles. The lowest BCUT2D eigenvalue weighted by Crippen LogP contribution is -2.17. The zero-order valence-corrected chi connectivity index (χ0v) is 8.50. The van der Waals surface area contributed by atoms with Crippen molar-refractivity contribution in [1.29, 1.82) is 0 Å². The van der Waals surface area contributed by atoms with E-state index in [2.05, 4.69) is 15.9 Å². The SMILES string of the molecule is OCc1ccc(Br)c2c1OCCO2. The van der Waals surface area contributed by atoms with Gasteiger partial charge in [0.2, 0.25) is 0 Å². The van der Waals surface area contributed by atoms with E-state index >= 15 is 0 Å². The summed E-state index contributed by atoms with van der Waals surface area (Å²) in [5, 5.41) is 9.03. The molecule has 1 aliphatic rings. The molecule has 0 amide bonds. The van der Waals surface area contributed by atoms with Crippen LogP contribution in [0.25, 0.3) is 0 Å². The molecule has 0 radical (unpaired) electrons. The van der Waals surface area contributed by atoms with Crippen molar-refractivity contribution in [3.8, 4) is 11.5 Å². The summed E-state index contributed by atoms with van der Waals surface area (Å²) >= 11 is 3.36. The van der Waals surface area contributed by atoms with Gasteiger partial charge in [-0.25, -0.2) is 0 Å². The van der Waals surface area contributed by atoms with Crippen molar-refractivity contribution in [1.82, 2.24) is 0 Å². The van der Waals surface area contributed by atoms with Crippen LogP contribution in [0.4, 0.5) is 0 Å². The molecule has 1 aromatic carbocycles. The Balaban J connectivity index is 2.52. The predicted octanol–water partition coefficient (Wildman–Crippen LogP) is 1.71. The standard InChI is InChI=1S/C9H9BrO3/c10-7-2-1-6(5-11)8-9(7)13-4-3-12-8/h1-2,11H,3-5H2. The molecule has 2 rings (SSSR count). The number of halogens is 1. The third-order valence-electron chi connectivity index (χ3n) is 1.89.